The minimum absolute atomic E-state index is 0.00848. The number of carbonyl (C=O) groups is 1. The lowest BCUT2D eigenvalue weighted by atomic mass is 10.2. The zero-order valence-electron chi connectivity index (χ0n) is 14.5. The molecule has 1 heterocycles. The molecule has 0 saturated heterocycles. The van der Waals surface area contributed by atoms with E-state index in [0.717, 1.165) is 16.8 Å². The van der Waals surface area contributed by atoms with Crippen LogP contribution in [0.1, 0.15) is 11.1 Å². The Morgan fingerprint density at radius 1 is 1.15 bits per heavy atom. The first-order chi connectivity index (χ1) is 12.6. The molecule has 0 radical (unpaired) electrons. The second-order valence-corrected chi connectivity index (χ2v) is 6.37. The number of hydrogen-bond donors (Lipinski definition) is 0. The first-order valence-corrected chi connectivity index (χ1v) is 8.65. The summed E-state index contributed by atoms with van der Waals surface area (Å²) in [4.78, 5) is 13.9. The van der Waals surface area contributed by atoms with Crippen molar-refractivity contribution in [1.82, 2.24) is 14.7 Å². The maximum atomic E-state index is 12.2. The van der Waals surface area contributed by atoms with E-state index >= 15 is 0 Å². The summed E-state index contributed by atoms with van der Waals surface area (Å²) in [5.41, 5.74) is 2.81. The first kappa shape index (κ1) is 18.2. The molecular weight excluding hydrogens is 350 g/mol. The molecular formula is C20H20ClN3O2. The molecule has 0 bridgehead atoms. The predicted octanol–water partition coefficient (Wildman–Crippen LogP) is 3.70. The van der Waals surface area contributed by atoms with Crippen LogP contribution >= 0.6 is 11.6 Å². The number of likely N-dealkylation sites (N-methyl/N-ethyl adjacent to an activating group) is 1. The highest BCUT2D eigenvalue weighted by Crippen LogP contribution is 2.15. The Morgan fingerprint density at radius 2 is 1.88 bits per heavy atom. The van der Waals surface area contributed by atoms with E-state index in [1.54, 1.807) is 28.9 Å². The fourth-order valence-corrected chi connectivity index (χ4v) is 2.69. The molecule has 0 fully saturated rings. The Bertz CT molecular complexity index is 864. The van der Waals surface area contributed by atoms with Crippen LogP contribution in [0.25, 0.3) is 5.69 Å². The molecule has 134 valence electrons. The van der Waals surface area contributed by atoms with Crippen LogP contribution < -0.4 is 0 Å². The van der Waals surface area contributed by atoms with Crippen molar-refractivity contribution in [2.24, 2.45) is 0 Å². The number of benzene rings is 2. The molecule has 0 saturated carbocycles. The number of nitrogens with zero attached hydrogens (tertiary/aromatic N) is 3. The van der Waals surface area contributed by atoms with Crippen molar-refractivity contribution in [1.29, 1.82) is 0 Å². The van der Waals surface area contributed by atoms with E-state index in [4.69, 9.17) is 16.3 Å². The quantitative estimate of drug-likeness (QED) is 0.638. The Labute approximate surface area is 157 Å². The van der Waals surface area contributed by atoms with Gasteiger partial charge in [0.15, 0.2) is 0 Å². The summed E-state index contributed by atoms with van der Waals surface area (Å²) in [6.07, 6.45) is 3.69. The summed E-state index contributed by atoms with van der Waals surface area (Å²) in [5, 5.41) is 4.98. The number of hydrogen-bond acceptors (Lipinski definition) is 3. The summed E-state index contributed by atoms with van der Waals surface area (Å²) >= 11 is 6.08. The molecule has 26 heavy (non-hydrogen) atoms. The summed E-state index contributed by atoms with van der Waals surface area (Å²) in [6.45, 7) is 0.793. The maximum absolute atomic E-state index is 12.2. The molecule has 0 aliphatic carbocycles. The van der Waals surface area contributed by atoms with Gasteiger partial charge in [0.25, 0.3) is 0 Å². The minimum atomic E-state index is -0.0930. The number of para-hydroxylation sites is 1. The van der Waals surface area contributed by atoms with Crippen molar-refractivity contribution in [3.8, 4) is 5.69 Å². The zero-order valence-corrected chi connectivity index (χ0v) is 15.3. The highest BCUT2D eigenvalue weighted by Gasteiger charge is 2.11. The smallest absolute Gasteiger partial charge is 0.248 e. The Hall–Kier alpha value is -2.63. The van der Waals surface area contributed by atoms with Gasteiger partial charge in [-0.2, -0.15) is 5.10 Å². The van der Waals surface area contributed by atoms with E-state index in [1.807, 2.05) is 54.7 Å². The van der Waals surface area contributed by atoms with E-state index in [1.165, 1.54) is 0 Å². The topological polar surface area (TPSA) is 47.4 Å². The summed E-state index contributed by atoms with van der Waals surface area (Å²) in [5.74, 6) is -0.0930. The van der Waals surface area contributed by atoms with Gasteiger partial charge in [-0.25, -0.2) is 4.68 Å². The van der Waals surface area contributed by atoms with Crippen molar-refractivity contribution < 1.29 is 9.53 Å². The van der Waals surface area contributed by atoms with Gasteiger partial charge in [-0.1, -0.05) is 48.0 Å². The van der Waals surface area contributed by atoms with Crippen LogP contribution in [0, 0.1) is 0 Å². The summed E-state index contributed by atoms with van der Waals surface area (Å²) in [6, 6.07) is 17.3. The minimum Gasteiger partial charge on any atom is -0.367 e. The average molecular weight is 370 g/mol. The molecule has 5 nitrogen and oxygen atoms in total. The van der Waals surface area contributed by atoms with Gasteiger partial charge < -0.3 is 9.64 Å². The molecule has 3 aromatic rings. The predicted molar refractivity (Wildman–Crippen MR) is 101 cm³/mol. The van der Waals surface area contributed by atoms with Gasteiger partial charge in [0.05, 0.1) is 18.5 Å². The van der Waals surface area contributed by atoms with Crippen molar-refractivity contribution in [2.45, 2.75) is 13.2 Å². The van der Waals surface area contributed by atoms with E-state index in [2.05, 4.69) is 5.10 Å². The highest BCUT2D eigenvalue weighted by atomic mass is 35.5. The van der Waals surface area contributed by atoms with Gasteiger partial charge in [0, 0.05) is 30.4 Å². The first-order valence-electron chi connectivity index (χ1n) is 8.27. The third kappa shape index (κ3) is 4.71. The highest BCUT2D eigenvalue weighted by molar-refractivity contribution is 6.31. The van der Waals surface area contributed by atoms with Gasteiger partial charge in [-0.3, -0.25) is 4.79 Å². The SMILES string of the molecule is CN(Cc1cnn(-c2ccccc2)c1)C(=O)COCc1ccccc1Cl. The number of aromatic nitrogens is 2. The van der Waals surface area contributed by atoms with Crippen LogP contribution in [-0.4, -0.2) is 34.2 Å². The Balaban J connectivity index is 1.50. The fourth-order valence-electron chi connectivity index (χ4n) is 2.50. The average Bonchev–Trinajstić information content (AvgIpc) is 3.12. The summed E-state index contributed by atoms with van der Waals surface area (Å²) < 4.78 is 7.29. The molecule has 0 unspecified atom stereocenters. The van der Waals surface area contributed by atoms with Crippen molar-refractivity contribution in [2.75, 3.05) is 13.7 Å². The third-order valence-electron chi connectivity index (χ3n) is 3.94. The van der Waals surface area contributed by atoms with E-state index in [9.17, 15) is 4.79 Å². The van der Waals surface area contributed by atoms with Crippen LogP contribution in [0.4, 0.5) is 0 Å². The molecule has 0 N–H and O–H groups in total. The van der Waals surface area contributed by atoms with E-state index < -0.39 is 0 Å². The normalized spacial score (nSPS) is 10.7. The molecule has 3 rings (SSSR count). The molecule has 1 amide bonds. The Morgan fingerprint density at radius 3 is 2.65 bits per heavy atom. The van der Waals surface area contributed by atoms with Gasteiger partial charge in [-0.15, -0.1) is 0 Å². The molecule has 0 aliphatic heterocycles. The summed E-state index contributed by atoms with van der Waals surface area (Å²) in [7, 11) is 1.75. The fraction of sp³-hybridized carbons (Fsp3) is 0.200. The van der Waals surface area contributed by atoms with Crippen LogP contribution in [0.5, 0.6) is 0 Å². The monoisotopic (exact) mass is 369 g/mol. The van der Waals surface area contributed by atoms with Crippen LogP contribution in [0.2, 0.25) is 5.02 Å². The lowest BCUT2D eigenvalue weighted by Crippen LogP contribution is -2.29. The maximum Gasteiger partial charge on any atom is 0.248 e. The van der Waals surface area contributed by atoms with Gasteiger partial charge >= 0.3 is 0 Å². The number of halogens is 1. The number of ether oxygens (including phenoxy) is 1. The number of amides is 1. The van der Waals surface area contributed by atoms with Crippen molar-refractivity contribution in [3.05, 3.63) is 83.1 Å². The molecule has 0 aliphatic rings. The van der Waals surface area contributed by atoms with E-state index in [-0.39, 0.29) is 12.5 Å². The number of rotatable bonds is 7. The molecule has 2 aromatic carbocycles. The van der Waals surface area contributed by atoms with Crippen LogP contribution in [0.3, 0.4) is 0 Å². The lowest BCUT2D eigenvalue weighted by molar-refractivity contribution is -0.135. The van der Waals surface area contributed by atoms with Crippen molar-refractivity contribution >= 4 is 17.5 Å². The van der Waals surface area contributed by atoms with Gasteiger partial charge in [0.1, 0.15) is 6.61 Å². The molecule has 6 heteroatoms. The van der Waals surface area contributed by atoms with Gasteiger partial charge in [0.2, 0.25) is 5.91 Å². The molecule has 0 spiro atoms. The van der Waals surface area contributed by atoms with Crippen molar-refractivity contribution in [3.63, 3.8) is 0 Å². The lowest BCUT2D eigenvalue weighted by Gasteiger charge is -2.16. The molecule has 0 atom stereocenters. The standard InChI is InChI=1S/C20H20ClN3O2/c1-23(20(25)15-26-14-17-7-5-6-10-19(17)21)12-16-11-22-24(13-16)18-8-3-2-4-9-18/h2-11,13H,12,14-15H2,1H3. The second-order valence-electron chi connectivity index (χ2n) is 5.96. The Kier molecular flexibility index (Phi) is 6.04. The molecule has 1 aromatic heterocycles. The number of carbonyl (C=O) groups excluding carboxylic acids is 1. The van der Waals surface area contributed by atoms with E-state index in [0.29, 0.717) is 18.2 Å². The second kappa shape index (κ2) is 8.65. The van der Waals surface area contributed by atoms with Gasteiger partial charge in [-0.05, 0) is 23.8 Å². The zero-order chi connectivity index (χ0) is 18.4. The largest absolute Gasteiger partial charge is 0.367 e. The van der Waals surface area contributed by atoms with Crippen LogP contribution in [-0.2, 0) is 22.7 Å². The van der Waals surface area contributed by atoms with Crippen LogP contribution in [0.15, 0.2) is 67.0 Å². The third-order valence-corrected chi connectivity index (χ3v) is 4.31.